The first-order chi connectivity index (χ1) is 11.3. The SMILES string of the molecule is Clc1ccc2nc(-c3ccc4c(c3)Cc3ccccc3-4)cn2c1. The lowest BCUT2D eigenvalue weighted by atomic mass is 10.0. The molecule has 0 amide bonds. The summed E-state index contributed by atoms with van der Waals surface area (Å²) in [6.45, 7) is 0. The number of hydrogen-bond acceptors (Lipinski definition) is 1. The number of halogens is 1. The molecule has 2 nitrogen and oxygen atoms in total. The molecule has 0 N–H and O–H groups in total. The minimum atomic E-state index is 0.714. The molecule has 0 unspecified atom stereocenters. The van der Waals surface area contributed by atoms with Gasteiger partial charge in [-0.2, -0.15) is 0 Å². The van der Waals surface area contributed by atoms with Crippen molar-refractivity contribution in [3.63, 3.8) is 0 Å². The van der Waals surface area contributed by atoms with Crippen LogP contribution < -0.4 is 0 Å². The molecule has 5 rings (SSSR count). The van der Waals surface area contributed by atoms with Crippen LogP contribution in [-0.4, -0.2) is 9.38 Å². The first-order valence-corrected chi connectivity index (χ1v) is 8.01. The fraction of sp³-hybridized carbons (Fsp3) is 0.0500. The predicted octanol–water partition coefficient (Wildman–Crippen LogP) is 5.23. The van der Waals surface area contributed by atoms with Crippen molar-refractivity contribution >= 4 is 17.2 Å². The Morgan fingerprint density at radius 1 is 0.870 bits per heavy atom. The maximum atomic E-state index is 6.05. The Morgan fingerprint density at radius 3 is 2.70 bits per heavy atom. The molecule has 110 valence electrons. The summed E-state index contributed by atoms with van der Waals surface area (Å²) in [6.07, 6.45) is 4.92. The van der Waals surface area contributed by atoms with Crippen molar-refractivity contribution in [3.8, 4) is 22.4 Å². The summed E-state index contributed by atoms with van der Waals surface area (Å²) < 4.78 is 1.97. The number of benzene rings is 2. The second kappa shape index (κ2) is 4.71. The quantitative estimate of drug-likeness (QED) is 0.414. The van der Waals surface area contributed by atoms with Crippen molar-refractivity contribution in [2.24, 2.45) is 0 Å². The monoisotopic (exact) mass is 316 g/mol. The minimum Gasteiger partial charge on any atom is -0.305 e. The van der Waals surface area contributed by atoms with Gasteiger partial charge >= 0.3 is 0 Å². The van der Waals surface area contributed by atoms with Gasteiger partial charge in [0.2, 0.25) is 0 Å². The van der Waals surface area contributed by atoms with Gasteiger partial charge in [0.15, 0.2) is 0 Å². The Bertz CT molecular complexity index is 1060. The molecule has 23 heavy (non-hydrogen) atoms. The molecule has 0 bridgehead atoms. The first kappa shape index (κ1) is 12.9. The number of nitrogens with zero attached hydrogens (tertiary/aromatic N) is 2. The Morgan fingerprint density at radius 2 is 1.74 bits per heavy atom. The standard InChI is InChI=1S/C20H13ClN2/c21-16-6-8-20-22-19(12-23(20)11-16)14-5-7-18-15(10-14)9-13-3-1-2-4-17(13)18/h1-8,10-12H,9H2. The van der Waals surface area contributed by atoms with E-state index in [0.29, 0.717) is 5.02 Å². The fourth-order valence-electron chi connectivity index (χ4n) is 3.41. The number of hydrogen-bond donors (Lipinski definition) is 0. The van der Waals surface area contributed by atoms with Crippen molar-refractivity contribution < 1.29 is 0 Å². The zero-order valence-corrected chi connectivity index (χ0v) is 13.1. The molecule has 1 aliphatic rings. The zero-order chi connectivity index (χ0) is 15.4. The van der Waals surface area contributed by atoms with Crippen LogP contribution in [0.2, 0.25) is 5.02 Å². The third-order valence-corrected chi connectivity index (χ3v) is 4.73. The number of imidazole rings is 1. The highest BCUT2D eigenvalue weighted by Gasteiger charge is 2.18. The lowest BCUT2D eigenvalue weighted by Crippen LogP contribution is -1.83. The van der Waals surface area contributed by atoms with E-state index in [0.717, 1.165) is 23.3 Å². The second-order valence-corrected chi connectivity index (χ2v) is 6.38. The lowest BCUT2D eigenvalue weighted by molar-refractivity contribution is 1.19. The Labute approximate surface area is 139 Å². The van der Waals surface area contributed by atoms with E-state index in [9.17, 15) is 0 Å². The van der Waals surface area contributed by atoms with Crippen molar-refractivity contribution in [1.82, 2.24) is 9.38 Å². The maximum absolute atomic E-state index is 6.05. The third-order valence-electron chi connectivity index (χ3n) is 4.50. The van der Waals surface area contributed by atoms with Gasteiger partial charge in [-0.15, -0.1) is 0 Å². The Balaban J connectivity index is 1.63. The highest BCUT2D eigenvalue weighted by atomic mass is 35.5. The third kappa shape index (κ3) is 1.99. The number of fused-ring (bicyclic) bond motifs is 4. The molecule has 2 heterocycles. The topological polar surface area (TPSA) is 17.3 Å². The molecule has 0 radical (unpaired) electrons. The van der Waals surface area contributed by atoms with Gasteiger partial charge in [0, 0.05) is 18.0 Å². The Hall–Kier alpha value is -2.58. The van der Waals surface area contributed by atoms with Gasteiger partial charge in [0.1, 0.15) is 5.65 Å². The second-order valence-electron chi connectivity index (χ2n) is 5.94. The van der Waals surface area contributed by atoms with Crippen LogP contribution in [0, 0.1) is 0 Å². The van der Waals surface area contributed by atoms with Gasteiger partial charge in [-0.3, -0.25) is 0 Å². The average molecular weight is 317 g/mol. The average Bonchev–Trinajstić information content (AvgIpc) is 3.14. The van der Waals surface area contributed by atoms with E-state index in [1.807, 2.05) is 28.9 Å². The van der Waals surface area contributed by atoms with E-state index in [4.69, 9.17) is 16.6 Å². The highest BCUT2D eigenvalue weighted by Crippen LogP contribution is 2.38. The van der Waals surface area contributed by atoms with Crippen LogP contribution in [0.25, 0.3) is 28.0 Å². The molecule has 0 aliphatic heterocycles. The number of aromatic nitrogens is 2. The number of pyridine rings is 1. The van der Waals surface area contributed by atoms with Gasteiger partial charge in [-0.25, -0.2) is 4.98 Å². The minimum absolute atomic E-state index is 0.714. The van der Waals surface area contributed by atoms with Crippen LogP contribution in [-0.2, 0) is 6.42 Å². The van der Waals surface area contributed by atoms with Gasteiger partial charge in [-0.1, -0.05) is 48.0 Å². The summed E-state index contributed by atoms with van der Waals surface area (Å²) in [5.41, 5.74) is 8.52. The molecular weight excluding hydrogens is 304 g/mol. The van der Waals surface area contributed by atoms with Crippen molar-refractivity contribution in [2.45, 2.75) is 6.42 Å². The summed E-state index contributed by atoms with van der Waals surface area (Å²) >= 11 is 6.05. The summed E-state index contributed by atoms with van der Waals surface area (Å²) in [6, 6.07) is 19.1. The molecule has 2 aromatic carbocycles. The summed E-state index contributed by atoms with van der Waals surface area (Å²) in [5.74, 6) is 0. The van der Waals surface area contributed by atoms with Crippen molar-refractivity contribution in [2.75, 3.05) is 0 Å². The summed E-state index contributed by atoms with van der Waals surface area (Å²) in [4.78, 5) is 4.70. The molecule has 2 aromatic heterocycles. The smallest absolute Gasteiger partial charge is 0.137 e. The largest absolute Gasteiger partial charge is 0.305 e. The van der Waals surface area contributed by atoms with E-state index in [2.05, 4.69) is 42.5 Å². The predicted molar refractivity (Wildman–Crippen MR) is 93.9 cm³/mol. The van der Waals surface area contributed by atoms with Crippen molar-refractivity contribution in [3.05, 3.63) is 83.1 Å². The Kier molecular flexibility index (Phi) is 2.64. The summed E-state index contributed by atoms with van der Waals surface area (Å²) in [7, 11) is 0. The number of rotatable bonds is 1. The van der Waals surface area contributed by atoms with Crippen LogP contribution in [0.3, 0.4) is 0 Å². The first-order valence-electron chi connectivity index (χ1n) is 7.64. The van der Waals surface area contributed by atoms with E-state index in [-0.39, 0.29) is 0 Å². The van der Waals surface area contributed by atoms with Crippen LogP contribution in [0.5, 0.6) is 0 Å². The fourth-order valence-corrected chi connectivity index (χ4v) is 3.58. The van der Waals surface area contributed by atoms with Gasteiger partial charge in [0.05, 0.1) is 10.7 Å². The van der Waals surface area contributed by atoms with E-state index < -0.39 is 0 Å². The molecule has 0 spiro atoms. The highest BCUT2D eigenvalue weighted by molar-refractivity contribution is 6.30. The molecule has 0 atom stereocenters. The molecule has 4 aromatic rings. The van der Waals surface area contributed by atoms with Crippen LogP contribution >= 0.6 is 11.6 Å². The molecule has 0 saturated carbocycles. The maximum Gasteiger partial charge on any atom is 0.137 e. The van der Waals surface area contributed by atoms with Crippen LogP contribution in [0.1, 0.15) is 11.1 Å². The van der Waals surface area contributed by atoms with Crippen LogP contribution in [0.4, 0.5) is 0 Å². The van der Waals surface area contributed by atoms with Gasteiger partial charge in [-0.05, 0) is 46.9 Å². The van der Waals surface area contributed by atoms with Gasteiger partial charge in [0.25, 0.3) is 0 Å². The molecule has 0 saturated heterocycles. The molecular formula is C20H13ClN2. The molecule has 1 aliphatic carbocycles. The molecule has 3 heteroatoms. The van der Waals surface area contributed by atoms with Crippen molar-refractivity contribution in [1.29, 1.82) is 0 Å². The lowest BCUT2D eigenvalue weighted by Gasteiger charge is -2.03. The van der Waals surface area contributed by atoms with E-state index >= 15 is 0 Å². The molecule has 0 fully saturated rings. The zero-order valence-electron chi connectivity index (χ0n) is 12.3. The van der Waals surface area contributed by atoms with Crippen LogP contribution in [0.15, 0.2) is 67.0 Å². The summed E-state index contributed by atoms with van der Waals surface area (Å²) in [5, 5.41) is 0.714. The van der Waals surface area contributed by atoms with Gasteiger partial charge < -0.3 is 4.40 Å². The van der Waals surface area contributed by atoms with E-state index in [1.54, 1.807) is 0 Å². The van der Waals surface area contributed by atoms with E-state index in [1.165, 1.54) is 22.3 Å². The normalized spacial score (nSPS) is 12.4.